The first-order valence-corrected chi connectivity index (χ1v) is 4.06. The third-order valence-electron chi connectivity index (χ3n) is 0.488. The molecule has 68 valence electrons. The van der Waals surface area contributed by atoms with E-state index < -0.39 is 19.8 Å². The molecule has 0 atom stereocenters. The quantitative estimate of drug-likeness (QED) is 0.492. The van der Waals surface area contributed by atoms with Crippen molar-refractivity contribution in [2.75, 3.05) is 0 Å². The van der Waals surface area contributed by atoms with Crippen molar-refractivity contribution in [2.45, 2.75) is 13.8 Å². The van der Waals surface area contributed by atoms with Gasteiger partial charge in [0.15, 0.2) is 0 Å². The first-order chi connectivity index (χ1) is 4.83. The summed E-state index contributed by atoms with van der Waals surface area (Å²) >= 11 is 0. The molecule has 0 spiro atoms. The molecule has 0 aromatic heterocycles. The molecule has 0 heterocycles. The fourth-order valence-electron chi connectivity index (χ4n) is 0.344. The number of carbonyl (C=O) groups excluding carboxylic acids is 2. The Labute approximate surface area is 98.8 Å². The van der Waals surface area contributed by atoms with Gasteiger partial charge in [0.25, 0.3) is 0 Å². The number of hydrogen-bond donors (Lipinski definition) is 1. The van der Waals surface area contributed by atoms with Gasteiger partial charge in [-0.1, -0.05) is 0 Å². The Morgan fingerprint density at radius 2 is 1.42 bits per heavy atom. The predicted molar refractivity (Wildman–Crippen MR) is 41.9 cm³/mol. The summed E-state index contributed by atoms with van der Waals surface area (Å²) in [6.45, 7) is 1.85. The summed E-state index contributed by atoms with van der Waals surface area (Å²) in [7, 11) is -4.50. The van der Waals surface area contributed by atoms with Gasteiger partial charge in [-0.3, -0.25) is 14.5 Å². The van der Waals surface area contributed by atoms with Crippen LogP contribution in [0.1, 0.15) is 13.8 Å². The second kappa shape index (κ2) is 5.94. The summed E-state index contributed by atoms with van der Waals surface area (Å²) in [5, 5.41) is 0. The van der Waals surface area contributed by atoms with Crippen LogP contribution in [0.15, 0.2) is 0 Å². The van der Waals surface area contributed by atoms with E-state index in [0.29, 0.717) is 0 Å². The van der Waals surface area contributed by atoms with E-state index >= 15 is 0 Å². The first kappa shape index (κ1) is 14.9. The van der Waals surface area contributed by atoms with E-state index in [1.807, 2.05) is 0 Å². The number of hydrogen-bond acceptors (Lipinski definition) is 5. The van der Waals surface area contributed by atoms with E-state index in [4.69, 9.17) is 4.89 Å². The SMILES string of the molecule is CC(=O)OP(=O)(O)OC(C)=O.[CaH2]. The summed E-state index contributed by atoms with van der Waals surface area (Å²) in [5.74, 6) is -1.98. The summed E-state index contributed by atoms with van der Waals surface area (Å²) in [6.07, 6.45) is 0. The Balaban J connectivity index is 0. The van der Waals surface area contributed by atoms with E-state index in [0.717, 1.165) is 13.8 Å². The molecule has 6 nitrogen and oxygen atoms in total. The number of phosphoric acid groups is 1. The molecule has 0 aliphatic heterocycles. The molecule has 12 heavy (non-hydrogen) atoms. The molecule has 0 aromatic rings. The van der Waals surface area contributed by atoms with E-state index in [2.05, 4.69) is 9.05 Å². The standard InChI is InChI=1S/C4H7O6P.Ca.2H/c1-3(5)9-11(7,8)10-4(2)6;;;/h1-2H3,(H,7,8);;;. The molecule has 0 fully saturated rings. The van der Waals surface area contributed by atoms with Crippen molar-refractivity contribution in [1.29, 1.82) is 0 Å². The molecule has 0 aliphatic rings. The fraction of sp³-hybridized carbons (Fsp3) is 0.500. The van der Waals surface area contributed by atoms with Crippen LogP contribution in [0.25, 0.3) is 0 Å². The molecule has 0 aromatic carbocycles. The molecular formula is C4H9CaO6P. The minimum absolute atomic E-state index is 0. The van der Waals surface area contributed by atoms with Gasteiger partial charge in [0, 0.05) is 13.8 Å². The van der Waals surface area contributed by atoms with Crippen LogP contribution in [0.2, 0.25) is 0 Å². The zero-order chi connectivity index (χ0) is 9.07. The van der Waals surface area contributed by atoms with E-state index in [9.17, 15) is 14.2 Å². The molecule has 0 bridgehead atoms. The molecule has 8 heteroatoms. The van der Waals surface area contributed by atoms with Crippen molar-refractivity contribution in [3.63, 3.8) is 0 Å². The Morgan fingerprint density at radius 1 is 1.17 bits per heavy atom. The summed E-state index contributed by atoms with van der Waals surface area (Å²) in [5.41, 5.74) is 0. The van der Waals surface area contributed by atoms with Crippen molar-refractivity contribution in [2.24, 2.45) is 0 Å². The average Bonchev–Trinajstić information content (AvgIpc) is 1.53. The van der Waals surface area contributed by atoms with Crippen LogP contribution >= 0.6 is 7.82 Å². The normalized spacial score (nSPS) is 9.58. The Morgan fingerprint density at radius 3 is 1.58 bits per heavy atom. The molecule has 0 unspecified atom stereocenters. The fourth-order valence-corrected chi connectivity index (χ4v) is 1.03. The van der Waals surface area contributed by atoms with Crippen LogP contribution in [0.5, 0.6) is 0 Å². The van der Waals surface area contributed by atoms with Gasteiger partial charge in [-0.2, -0.15) is 0 Å². The number of rotatable bonds is 2. The molecular weight excluding hydrogens is 215 g/mol. The van der Waals surface area contributed by atoms with Crippen LogP contribution in [0, 0.1) is 0 Å². The average molecular weight is 224 g/mol. The van der Waals surface area contributed by atoms with Crippen molar-refractivity contribution in [3.05, 3.63) is 0 Å². The van der Waals surface area contributed by atoms with Crippen LogP contribution in [0.4, 0.5) is 0 Å². The molecule has 0 saturated heterocycles. The van der Waals surface area contributed by atoms with Crippen molar-refractivity contribution in [3.8, 4) is 0 Å². The van der Waals surface area contributed by atoms with Gasteiger partial charge in [-0.05, 0) is 0 Å². The van der Waals surface area contributed by atoms with Crippen LogP contribution in [0.3, 0.4) is 0 Å². The van der Waals surface area contributed by atoms with Gasteiger partial charge < -0.3 is 9.05 Å². The Bertz CT molecular complexity index is 206. The molecule has 0 aliphatic carbocycles. The van der Waals surface area contributed by atoms with Crippen molar-refractivity contribution in [1.82, 2.24) is 0 Å². The summed E-state index contributed by atoms with van der Waals surface area (Å²) < 4.78 is 18.1. The number of carbonyl (C=O) groups is 2. The third kappa shape index (κ3) is 8.49. The second-order valence-electron chi connectivity index (χ2n) is 1.63. The zero-order valence-corrected chi connectivity index (χ0v) is 6.83. The van der Waals surface area contributed by atoms with Crippen LogP contribution in [-0.2, 0) is 23.2 Å². The van der Waals surface area contributed by atoms with E-state index in [1.54, 1.807) is 0 Å². The Kier molecular flexibility index (Phi) is 7.37. The van der Waals surface area contributed by atoms with Gasteiger partial charge in [0.2, 0.25) is 0 Å². The topological polar surface area (TPSA) is 89.9 Å². The summed E-state index contributed by atoms with van der Waals surface area (Å²) in [4.78, 5) is 28.7. The molecule has 0 radical (unpaired) electrons. The molecule has 0 saturated carbocycles. The molecule has 1 N–H and O–H groups in total. The maximum atomic E-state index is 10.5. The zero-order valence-electron chi connectivity index (χ0n) is 5.94. The summed E-state index contributed by atoms with van der Waals surface area (Å²) in [6, 6.07) is 0. The first-order valence-electron chi connectivity index (χ1n) is 2.56. The predicted octanol–water partition coefficient (Wildman–Crippen LogP) is -0.703. The van der Waals surface area contributed by atoms with Gasteiger partial charge in [0.1, 0.15) is 0 Å². The monoisotopic (exact) mass is 224 g/mol. The maximum absolute atomic E-state index is 10.5. The van der Waals surface area contributed by atoms with E-state index in [1.165, 1.54) is 0 Å². The molecule has 0 rings (SSSR count). The van der Waals surface area contributed by atoms with Gasteiger partial charge >= 0.3 is 57.5 Å². The van der Waals surface area contributed by atoms with Gasteiger partial charge in [0.05, 0.1) is 0 Å². The Hall–Kier alpha value is 0.390. The number of phosphoric ester groups is 1. The minimum atomic E-state index is -4.50. The van der Waals surface area contributed by atoms with Crippen molar-refractivity contribution < 1.29 is 28.1 Å². The molecule has 0 amide bonds. The van der Waals surface area contributed by atoms with Crippen LogP contribution < -0.4 is 0 Å². The van der Waals surface area contributed by atoms with Crippen molar-refractivity contribution >= 4 is 57.5 Å². The van der Waals surface area contributed by atoms with Gasteiger partial charge in [-0.25, -0.2) is 4.57 Å². The third-order valence-corrected chi connectivity index (χ3v) is 1.46. The van der Waals surface area contributed by atoms with Gasteiger partial charge in [-0.15, -0.1) is 0 Å². The van der Waals surface area contributed by atoms with Crippen LogP contribution in [-0.4, -0.2) is 54.6 Å². The van der Waals surface area contributed by atoms with E-state index in [-0.39, 0.29) is 37.7 Å². The second-order valence-corrected chi connectivity index (χ2v) is 2.94.